The fraction of sp³-hybridized carbons (Fsp3) is 0.417. The van der Waals surface area contributed by atoms with Crippen LogP contribution in [-0.2, 0) is 0 Å². The van der Waals surface area contributed by atoms with E-state index in [0.717, 1.165) is 36.8 Å². The topological polar surface area (TPSA) is 45.2 Å². The number of methoxy groups -OCH3 is 1. The van der Waals surface area contributed by atoms with Gasteiger partial charge in [0.05, 0.1) is 7.11 Å². The van der Waals surface area contributed by atoms with E-state index in [2.05, 4.69) is 22.8 Å². The summed E-state index contributed by atoms with van der Waals surface area (Å²) < 4.78 is 11.3. The van der Waals surface area contributed by atoms with Crippen molar-refractivity contribution in [2.75, 3.05) is 51.3 Å². The number of nitrogens with zero attached hydrogens (tertiary/aromatic N) is 2. The van der Waals surface area contributed by atoms with Crippen molar-refractivity contribution in [1.82, 2.24) is 4.90 Å². The van der Waals surface area contributed by atoms with Crippen LogP contribution in [0.2, 0.25) is 5.02 Å². The van der Waals surface area contributed by atoms with E-state index in [9.17, 15) is 5.11 Å². The fourth-order valence-electron chi connectivity index (χ4n) is 3.73. The molecule has 1 saturated heterocycles. The van der Waals surface area contributed by atoms with Crippen molar-refractivity contribution >= 4 is 35.8 Å². The van der Waals surface area contributed by atoms with Gasteiger partial charge in [-0.3, -0.25) is 4.90 Å². The molecule has 2 aromatic carbocycles. The Labute approximate surface area is 196 Å². The first kappa shape index (κ1) is 25.3. The third kappa shape index (κ3) is 7.04. The van der Waals surface area contributed by atoms with Crippen LogP contribution in [0, 0.1) is 6.92 Å². The zero-order valence-corrected chi connectivity index (χ0v) is 20.0. The van der Waals surface area contributed by atoms with Crippen LogP contribution in [0.1, 0.15) is 18.1 Å². The number of ether oxygens (including phenoxy) is 2. The second kappa shape index (κ2) is 12.2. The minimum absolute atomic E-state index is 0. The van der Waals surface area contributed by atoms with Crippen LogP contribution < -0.4 is 14.4 Å². The summed E-state index contributed by atoms with van der Waals surface area (Å²) in [5, 5.41) is 11.2. The van der Waals surface area contributed by atoms with Gasteiger partial charge in [0.1, 0.15) is 12.7 Å². The second-order valence-electron chi connectivity index (χ2n) is 7.59. The molecule has 2 aromatic rings. The first-order valence-corrected chi connectivity index (χ1v) is 10.7. The van der Waals surface area contributed by atoms with E-state index in [-0.39, 0.29) is 19.0 Å². The van der Waals surface area contributed by atoms with Crippen LogP contribution in [-0.4, -0.2) is 62.6 Å². The van der Waals surface area contributed by atoms with E-state index < -0.39 is 6.10 Å². The van der Waals surface area contributed by atoms with Gasteiger partial charge in [0, 0.05) is 43.4 Å². The quantitative estimate of drug-likeness (QED) is 0.611. The number of piperazine rings is 1. The van der Waals surface area contributed by atoms with Gasteiger partial charge in [-0.2, -0.15) is 0 Å². The third-order valence-corrected chi connectivity index (χ3v) is 5.57. The molecule has 0 radical (unpaired) electrons. The second-order valence-corrected chi connectivity index (χ2v) is 8.03. The highest BCUT2D eigenvalue weighted by atomic mass is 35.5. The molecule has 1 atom stereocenters. The van der Waals surface area contributed by atoms with Gasteiger partial charge in [0.15, 0.2) is 11.5 Å². The van der Waals surface area contributed by atoms with Gasteiger partial charge in [-0.25, -0.2) is 0 Å². The summed E-state index contributed by atoms with van der Waals surface area (Å²) >= 11 is 6.17. The molecule has 31 heavy (non-hydrogen) atoms. The van der Waals surface area contributed by atoms with Gasteiger partial charge in [0.25, 0.3) is 0 Å². The number of hydrogen-bond acceptors (Lipinski definition) is 5. The number of aryl methyl sites for hydroxylation is 1. The van der Waals surface area contributed by atoms with Crippen molar-refractivity contribution in [1.29, 1.82) is 0 Å². The number of allylic oxidation sites excluding steroid dienone is 1. The maximum absolute atomic E-state index is 10.5. The molecule has 0 aromatic heterocycles. The van der Waals surface area contributed by atoms with Gasteiger partial charge in [-0.1, -0.05) is 35.9 Å². The molecule has 1 unspecified atom stereocenters. The van der Waals surface area contributed by atoms with Crippen LogP contribution in [0.5, 0.6) is 11.5 Å². The molecule has 0 bridgehead atoms. The lowest BCUT2D eigenvalue weighted by Gasteiger charge is -2.37. The monoisotopic (exact) mass is 466 g/mol. The standard InChI is InChI=1S/C24H31ClN2O3.ClH/c1-4-5-19-7-9-23(24(14-19)29-3)30-17-21(28)16-26-10-12-27(13-11-26)22-15-20(25)8-6-18(22)2;/h4-9,14-15,21,28H,10-13,16-17H2,1-3H3;1H/b5-4+;. The highest BCUT2D eigenvalue weighted by Gasteiger charge is 2.21. The summed E-state index contributed by atoms with van der Waals surface area (Å²) in [7, 11) is 1.62. The Hall–Kier alpha value is -1.92. The SMILES string of the molecule is C/C=C/c1ccc(OCC(O)CN2CCN(c3cc(Cl)ccc3C)CC2)c(OC)c1.Cl. The minimum Gasteiger partial charge on any atom is -0.493 e. The molecule has 1 N–H and O–H groups in total. The van der Waals surface area contributed by atoms with Gasteiger partial charge in [-0.05, 0) is 49.2 Å². The Morgan fingerprint density at radius 1 is 1.10 bits per heavy atom. The zero-order chi connectivity index (χ0) is 21.5. The number of benzene rings is 2. The number of β-amino-alcohol motifs (C(OH)–C–C–N with tert-alkyl or cyclic N) is 1. The van der Waals surface area contributed by atoms with Crippen LogP contribution in [0.3, 0.4) is 0 Å². The predicted molar refractivity (Wildman–Crippen MR) is 131 cm³/mol. The number of hydrogen-bond donors (Lipinski definition) is 1. The largest absolute Gasteiger partial charge is 0.493 e. The molecule has 0 saturated carbocycles. The maximum atomic E-state index is 10.5. The van der Waals surface area contributed by atoms with Gasteiger partial charge >= 0.3 is 0 Å². The molecule has 1 heterocycles. The van der Waals surface area contributed by atoms with Crippen molar-refractivity contribution in [3.05, 3.63) is 58.6 Å². The van der Waals surface area contributed by atoms with E-state index >= 15 is 0 Å². The summed E-state index contributed by atoms with van der Waals surface area (Å²) in [6.45, 7) is 8.51. The Kier molecular flexibility index (Phi) is 9.97. The van der Waals surface area contributed by atoms with Gasteiger partial charge in [-0.15, -0.1) is 12.4 Å². The molecule has 1 aliphatic rings. The Morgan fingerprint density at radius 3 is 2.52 bits per heavy atom. The molecular weight excluding hydrogens is 435 g/mol. The molecule has 7 heteroatoms. The van der Waals surface area contributed by atoms with Crippen LogP contribution >= 0.6 is 24.0 Å². The highest BCUT2D eigenvalue weighted by molar-refractivity contribution is 6.30. The van der Waals surface area contributed by atoms with E-state index in [1.165, 1.54) is 11.3 Å². The molecular formula is C24H32Cl2N2O3. The summed E-state index contributed by atoms with van der Waals surface area (Å²) in [4.78, 5) is 4.63. The Balaban J connectivity index is 0.00000341. The van der Waals surface area contributed by atoms with Crippen molar-refractivity contribution in [2.45, 2.75) is 20.0 Å². The average molecular weight is 467 g/mol. The average Bonchev–Trinajstić information content (AvgIpc) is 2.75. The third-order valence-electron chi connectivity index (χ3n) is 5.33. The Morgan fingerprint density at radius 2 is 1.84 bits per heavy atom. The molecule has 5 nitrogen and oxygen atoms in total. The molecule has 0 amide bonds. The lowest BCUT2D eigenvalue weighted by Crippen LogP contribution is -2.49. The number of halogens is 2. The molecule has 1 aliphatic heterocycles. The first-order valence-electron chi connectivity index (χ1n) is 10.3. The van der Waals surface area contributed by atoms with E-state index in [1.54, 1.807) is 7.11 Å². The van der Waals surface area contributed by atoms with E-state index in [4.69, 9.17) is 21.1 Å². The number of aliphatic hydroxyl groups is 1. The number of rotatable bonds is 8. The van der Waals surface area contributed by atoms with Crippen molar-refractivity contribution < 1.29 is 14.6 Å². The fourth-order valence-corrected chi connectivity index (χ4v) is 3.90. The van der Waals surface area contributed by atoms with Gasteiger partial charge in [0.2, 0.25) is 0 Å². The van der Waals surface area contributed by atoms with Crippen molar-refractivity contribution in [3.63, 3.8) is 0 Å². The smallest absolute Gasteiger partial charge is 0.161 e. The highest BCUT2D eigenvalue weighted by Crippen LogP contribution is 2.29. The number of aliphatic hydroxyl groups excluding tert-OH is 1. The molecule has 0 aliphatic carbocycles. The maximum Gasteiger partial charge on any atom is 0.161 e. The lowest BCUT2D eigenvalue weighted by molar-refractivity contribution is 0.0653. The molecule has 3 rings (SSSR count). The normalized spacial score (nSPS) is 15.6. The van der Waals surface area contributed by atoms with Crippen LogP contribution in [0.4, 0.5) is 5.69 Å². The van der Waals surface area contributed by atoms with Gasteiger partial charge < -0.3 is 19.5 Å². The molecule has 1 fully saturated rings. The molecule has 170 valence electrons. The van der Waals surface area contributed by atoms with Crippen LogP contribution in [0.25, 0.3) is 6.08 Å². The summed E-state index contributed by atoms with van der Waals surface area (Å²) in [5.41, 5.74) is 3.48. The van der Waals surface area contributed by atoms with Crippen molar-refractivity contribution in [3.8, 4) is 11.5 Å². The number of anilines is 1. The van der Waals surface area contributed by atoms with E-state index in [1.807, 2.05) is 49.4 Å². The van der Waals surface area contributed by atoms with Crippen LogP contribution in [0.15, 0.2) is 42.5 Å². The first-order chi connectivity index (χ1) is 14.5. The summed E-state index contributed by atoms with van der Waals surface area (Å²) in [6.07, 6.45) is 3.42. The van der Waals surface area contributed by atoms with Crippen molar-refractivity contribution in [2.24, 2.45) is 0 Å². The summed E-state index contributed by atoms with van der Waals surface area (Å²) in [6, 6.07) is 11.8. The summed E-state index contributed by atoms with van der Waals surface area (Å²) in [5.74, 6) is 1.31. The molecule has 0 spiro atoms. The lowest BCUT2D eigenvalue weighted by atomic mass is 10.1. The Bertz CT molecular complexity index is 868. The van der Waals surface area contributed by atoms with E-state index in [0.29, 0.717) is 18.0 Å². The minimum atomic E-state index is -0.565. The zero-order valence-electron chi connectivity index (χ0n) is 18.4. The predicted octanol–water partition coefficient (Wildman–Crippen LogP) is 4.67.